The second-order valence-electron chi connectivity index (χ2n) is 14.7. The fourth-order valence-corrected chi connectivity index (χ4v) is 9.74. The molecule has 270 valence electrons. The van der Waals surface area contributed by atoms with Crippen LogP contribution in [0.4, 0.5) is 0 Å². The zero-order chi connectivity index (χ0) is 38.2. The molecule has 0 saturated heterocycles. The van der Waals surface area contributed by atoms with Crippen molar-refractivity contribution in [1.29, 1.82) is 0 Å². The van der Waals surface area contributed by atoms with E-state index in [1.54, 1.807) is 0 Å². The number of thiophene rings is 1. The van der Waals surface area contributed by atoms with Gasteiger partial charge in [0.1, 0.15) is 11.2 Å². The van der Waals surface area contributed by atoms with Gasteiger partial charge in [-0.25, -0.2) is 15.0 Å². The highest BCUT2D eigenvalue weighted by molar-refractivity contribution is 7.25. The summed E-state index contributed by atoms with van der Waals surface area (Å²) in [6, 6.07) is 65.9. The lowest BCUT2D eigenvalue weighted by atomic mass is 9.93. The summed E-state index contributed by atoms with van der Waals surface area (Å²) in [5.41, 5.74) is 11.9. The van der Waals surface area contributed by atoms with Gasteiger partial charge in [-0.15, -0.1) is 11.3 Å². The first-order valence-corrected chi connectivity index (χ1v) is 20.2. The molecule has 0 aliphatic rings. The van der Waals surface area contributed by atoms with E-state index in [9.17, 15) is 0 Å². The van der Waals surface area contributed by atoms with E-state index in [0.717, 1.165) is 88.7 Å². The third-order valence-electron chi connectivity index (χ3n) is 11.3. The molecule has 8 aromatic carbocycles. The molecule has 0 unspecified atom stereocenters. The van der Waals surface area contributed by atoms with E-state index in [2.05, 4.69) is 158 Å². The minimum atomic E-state index is 0.714. The molecule has 0 aliphatic heterocycles. The Morgan fingerprint density at radius 2 is 0.966 bits per heavy atom. The Morgan fingerprint density at radius 3 is 1.72 bits per heavy atom. The lowest BCUT2D eigenvalue weighted by molar-refractivity contribution is 0.669. The van der Waals surface area contributed by atoms with Crippen LogP contribution in [0.3, 0.4) is 0 Å². The van der Waals surface area contributed by atoms with Crippen LogP contribution in [-0.4, -0.2) is 15.0 Å². The fourth-order valence-electron chi connectivity index (χ4n) is 8.55. The predicted molar refractivity (Wildman–Crippen MR) is 242 cm³/mol. The molecule has 12 aromatic rings. The van der Waals surface area contributed by atoms with Crippen LogP contribution < -0.4 is 0 Å². The first-order chi connectivity index (χ1) is 28.7. The van der Waals surface area contributed by atoms with E-state index in [0.29, 0.717) is 5.82 Å². The molecule has 0 aliphatic carbocycles. The van der Waals surface area contributed by atoms with Gasteiger partial charge in [-0.05, 0) is 42.0 Å². The van der Waals surface area contributed by atoms with Crippen molar-refractivity contribution in [3.05, 3.63) is 188 Å². The minimum absolute atomic E-state index is 0.714. The summed E-state index contributed by atoms with van der Waals surface area (Å²) in [6.45, 7) is 0. The predicted octanol–water partition coefficient (Wildman–Crippen LogP) is 14.8. The van der Waals surface area contributed by atoms with Crippen molar-refractivity contribution >= 4 is 75.1 Å². The molecule has 0 radical (unpaired) electrons. The number of rotatable bonds is 5. The summed E-state index contributed by atoms with van der Waals surface area (Å²) in [5, 5.41) is 8.10. The van der Waals surface area contributed by atoms with Gasteiger partial charge in [-0.2, -0.15) is 0 Å². The molecule has 12 rings (SSSR count). The van der Waals surface area contributed by atoms with E-state index < -0.39 is 0 Å². The molecule has 0 bridgehead atoms. The quantitative estimate of drug-likeness (QED) is 0.164. The third-order valence-corrected chi connectivity index (χ3v) is 12.4. The molecule has 0 saturated carbocycles. The smallest absolute Gasteiger partial charge is 0.160 e. The summed E-state index contributed by atoms with van der Waals surface area (Å²) in [5.74, 6) is 0.714. The molecule has 58 heavy (non-hydrogen) atoms. The fraction of sp³-hybridized carbons (Fsp3) is 0. The lowest BCUT2D eigenvalue weighted by Crippen LogP contribution is -1.95. The van der Waals surface area contributed by atoms with Gasteiger partial charge in [-0.1, -0.05) is 152 Å². The van der Waals surface area contributed by atoms with Crippen LogP contribution in [0.2, 0.25) is 0 Å². The number of nitrogens with zero attached hydrogens (tertiary/aromatic N) is 3. The van der Waals surface area contributed by atoms with Gasteiger partial charge in [0.2, 0.25) is 0 Å². The maximum atomic E-state index is 6.41. The van der Waals surface area contributed by atoms with Crippen LogP contribution in [0.25, 0.3) is 120 Å². The Hall–Kier alpha value is -7.47. The van der Waals surface area contributed by atoms with Gasteiger partial charge in [-0.3, -0.25) is 0 Å². The molecule has 5 heteroatoms. The molecular formula is C53H31N3OS. The second kappa shape index (κ2) is 13.1. The van der Waals surface area contributed by atoms with Crippen molar-refractivity contribution in [3.63, 3.8) is 0 Å². The number of hydrogen-bond acceptors (Lipinski definition) is 5. The van der Waals surface area contributed by atoms with Crippen LogP contribution in [0, 0.1) is 0 Å². The number of aromatic nitrogens is 3. The Bertz CT molecular complexity index is 3500. The van der Waals surface area contributed by atoms with Gasteiger partial charge < -0.3 is 4.42 Å². The Labute approximate surface area is 337 Å². The summed E-state index contributed by atoms with van der Waals surface area (Å²) in [6.07, 6.45) is 0. The van der Waals surface area contributed by atoms with Crippen LogP contribution in [-0.2, 0) is 0 Å². The number of para-hydroxylation sites is 2. The van der Waals surface area contributed by atoms with Crippen molar-refractivity contribution in [2.45, 2.75) is 0 Å². The summed E-state index contributed by atoms with van der Waals surface area (Å²) in [4.78, 5) is 15.6. The van der Waals surface area contributed by atoms with Crippen LogP contribution in [0.15, 0.2) is 192 Å². The summed E-state index contributed by atoms with van der Waals surface area (Å²) in [7, 11) is 0. The van der Waals surface area contributed by atoms with E-state index in [4.69, 9.17) is 19.4 Å². The summed E-state index contributed by atoms with van der Waals surface area (Å²) >= 11 is 1.82. The van der Waals surface area contributed by atoms with E-state index in [1.165, 1.54) is 25.6 Å². The van der Waals surface area contributed by atoms with Gasteiger partial charge in [0.05, 0.1) is 22.6 Å². The van der Waals surface area contributed by atoms with Crippen molar-refractivity contribution < 1.29 is 4.42 Å². The molecular weight excluding hydrogens is 727 g/mol. The first kappa shape index (κ1) is 32.7. The normalized spacial score (nSPS) is 11.8. The second-order valence-corrected chi connectivity index (χ2v) is 15.8. The maximum absolute atomic E-state index is 6.41. The Kier molecular flexibility index (Phi) is 7.37. The Morgan fingerprint density at radius 1 is 0.362 bits per heavy atom. The van der Waals surface area contributed by atoms with Crippen molar-refractivity contribution in [3.8, 4) is 56.3 Å². The average Bonchev–Trinajstić information content (AvgIpc) is 3.87. The van der Waals surface area contributed by atoms with Gasteiger partial charge in [0, 0.05) is 74.9 Å². The zero-order valence-corrected chi connectivity index (χ0v) is 31.9. The Balaban J connectivity index is 1.03. The van der Waals surface area contributed by atoms with Gasteiger partial charge >= 0.3 is 0 Å². The van der Waals surface area contributed by atoms with Crippen molar-refractivity contribution in [2.75, 3.05) is 0 Å². The highest BCUT2D eigenvalue weighted by atomic mass is 32.1. The molecule has 4 heterocycles. The van der Waals surface area contributed by atoms with Gasteiger partial charge in [0.15, 0.2) is 5.82 Å². The highest BCUT2D eigenvalue weighted by Gasteiger charge is 2.20. The molecule has 0 amide bonds. The molecule has 4 nitrogen and oxygen atoms in total. The van der Waals surface area contributed by atoms with E-state index in [-0.39, 0.29) is 0 Å². The lowest BCUT2D eigenvalue weighted by Gasteiger charge is -2.14. The molecule has 0 spiro atoms. The molecule has 4 aromatic heterocycles. The average molecular weight is 758 g/mol. The molecule has 0 fully saturated rings. The first-order valence-electron chi connectivity index (χ1n) is 19.4. The van der Waals surface area contributed by atoms with E-state index in [1.807, 2.05) is 41.7 Å². The molecule has 0 N–H and O–H groups in total. The number of benzene rings is 8. The third kappa shape index (κ3) is 5.25. The standard InChI is InChI=1S/C53H31N3OS/c1-4-13-32(14-5-1)43-31-44(55-53(54-43)34-17-8-3-9-18-34)36-24-26-39-38-25-23-35(29-47(38)58-48(39)30-36)37-20-12-21-41-49-42(51(56-52(37)41)33-15-6-2-7-16-33)27-28-46-50(49)40-19-10-11-22-45(40)57-46/h1-31H. The summed E-state index contributed by atoms with van der Waals surface area (Å²) < 4.78 is 8.85. The van der Waals surface area contributed by atoms with Crippen molar-refractivity contribution in [2.24, 2.45) is 0 Å². The van der Waals surface area contributed by atoms with Crippen LogP contribution in [0.1, 0.15) is 0 Å². The minimum Gasteiger partial charge on any atom is -0.456 e. The monoisotopic (exact) mass is 757 g/mol. The SMILES string of the molecule is c1ccc(-c2cc(-c3ccc4c(c3)sc3cc(-c5cccc6c5nc(-c5ccccc5)c5ccc7oc8ccccc8c7c56)ccc34)nc(-c3ccccc3)n2)cc1. The largest absolute Gasteiger partial charge is 0.456 e. The number of fused-ring (bicyclic) bond motifs is 10. The number of hydrogen-bond donors (Lipinski definition) is 0. The topological polar surface area (TPSA) is 51.8 Å². The van der Waals surface area contributed by atoms with Gasteiger partial charge in [0.25, 0.3) is 0 Å². The van der Waals surface area contributed by atoms with E-state index >= 15 is 0 Å². The van der Waals surface area contributed by atoms with Crippen LogP contribution >= 0.6 is 11.3 Å². The highest BCUT2D eigenvalue weighted by Crippen LogP contribution is 2.44. The zero-order valence-electron chi connectivity index (χ0n) is 31.1. The molecule has 0 atom stereocenters. The number of pyridine rings is 1. The maximum Gasteiger partial charge on any atom is 0.160 e. The van der Waals surface area contributed by atoms with Crippen LogP contribution in [0.5, 0.6) is 0 Å². The van der Waals surface area contributed by atoms with Crippen molar-refractivity contribution in [1.82, 2.24) is 15.0 Å². The number of furan rings is 1.